The third-order valence-corrected chi connectivity index (χ3v) is 3.82. The second-order valence-corrected chi connectivity index (χ2v) is 5.59. The SMILES string of the molecule is Cc1ccc2cc(C(=O)Nc3ccc4c(c3)OCCO4)[nH]c2c1. The molecule has 2 N–H and O–H groups in total. The molecule has 5 nitrogen and oxygen atoms in total. The van der Waals surface area contributed by atoms with Gasteiger partial charge in [0.2, 0.25) is 0 Å². The van der Waals surface area contributed by atoms with Crippen molar-refractivity contribution in [2.45, 2.75) is 6.92 Å². The highest BCUT2D eigenvalue weighted by atomic mass is 16.6. The largest absolute Gasteiger partial charge is 0.486 e. The first-order valence-electron chi connectivity index (χ1n) is 7.49. The van der Waals surface area contributed by atoms with Crippen LogP contribution in [0.5, 0.6) is 11.5 Å². The average molecular weight is 308 g/mol. The number of hydrogen-bond donors (Lipinski definition) is 2. The van der Waals surface area contributed by atoms with Gasteiger partial charge < -0.3 is 19.8 Å². The second-order valence-electron chi connectivity index (χ2n) is 5.59. The molecule has 1 aliphatic rings. The number of aromatic amines is 1. The summed E-state index contributed by atoms with van der Waals surface area (Å²) in [6.07, 6.45) is 0. The van der Waals surface area contributed by atoms with Crippen LogP contribution >= 0.6 is 0 Å². The molecule has 116 valence electrons. The van der Waals surface area contributed by atoms with Gasteiger partial charge >= 0.3 is 0 Å². The van der Waals surface area contributed by atoms with Crippen LogP contribution in [-0.2, 0) is 0 Å². The van der Waals surface area contributed by atoms with Crippen molar-refractivity contribution in [1.29, 1.82) is 0 Å². The molecule has 2 heterocycles. The normalized spacial score (nSPS) is 13.1. The molecule has 4 rings (SSSR count). The molecule has 0 unspecified atom stereocenters. The maximum absolute atomic E-state index is 12.4. The Morgan fingerprint density at radius 1 is 1.04 bits per heavy atom. The first-order chi connectivity index (χ1) is 11.2. The van der Waals surface area contributed by atoms with Crippen molar-refractivity contribution in [2.24, 2.45) is 0 Å². The van der Waals surface area contributed by atoms with Crippen molar-refractivity contribution in [1.82, 2.24) is 4.98 Å². The van der Waals surface area contributed by atoms with Gasteiger partial charge in [0.1, 0.15) is 18.9 Å². The Kier molecular flexibility index (Phi) is 3.19. The van der Waals surface area contributed by atoms with Crippen LogP contribution in [0.15, 0.2) is 42.5 Å². The van der Waals surface area contributed by atoms with Gasteiger partial charge in [0, 0.05) is 22.7 Å². The van der Waals surface area contributed by atoms with Crippen molar-refractivity contribution in [2.75, 3.05) is 18.5 Å². The topological polar surface area (TPSA) is 63.4 Å². The van der Waals surface area contributed by atoms with E-state index in [1.165, 1.54) is 0 Å². The first kappa shape index (κ1) is 13.7. The van der Waals surface area contributed by atoms with Gasteiger partial charge in [-0.25, -0.2) is 0 Å². The average Bonchev–Trinajstić information content (AvgIpc) is 2.98. The summed E-state index contributed by atoms with van der Waals surface area (Å²) >= 11 is 0. The highest BCUT2D eigenvalue weighted by Crippen LogP contribution is 2.32. The molecule has 5 heteroatoms. The number of nitrogens with one attached hydrogen (secondary N) is 2. The van der Waals surface area contributed by atoms with E-state index in [0.29, 0.717) is 36.1 Å². The van der Waals surface area contributed by atoms with E-state index in [1.807, 2.05) is 31.2 Å². The lowest BCUT2D eigenvalue weighted by molar-refractivity contribution is 0.102. The van der Waals surface area contributed by atoms with Gasteiger partial charge in [0.05, 0.1) is 0 Å². The number of carbonyl (C=O) groups excluding carboxylic acids is 1. The zero-order valence-electron chi connectivity index (χ0n) is 12.7. The minimum Gasteiger partial charge on any atom is -0.486 e. The van der Waals surface area contributed by atoms with Gasteiger partial charge in [-0.2, -0.15) is 0 Å². The lowest BCUT2D eigenvalue weighted by Crippen LogP contribution is -2.16. The summed E-state index contributed by atoms with van der Waals surface area (Å²) in [5.74, 6) is 1.17. The van der Waals surface area contributed by atoms with Crippen molar-refractivity contribution < 1.29 is 14.3 Å². The van der Waals surface area contributed by atoms with E-state index in [2.05, 4.69) is 10.3 Å². The number of fused-ring (bicyclic) bond motifs is 2. The van der Waals surface area contributed by atoms with Crippen LogP contribution in [0.25, 0.3) is 10.9 Å². The number of hydrogen-bond acceptors (Lipinski definition) is 3. The number of ether oxygens (including phenoxy) is 2. The predicted octanol–water partition coefficient (Wildman–Crippen LogP) is 3.50. The molecular formula is C18H16N2O3. The van der Waals surface area contributed by atoms with Crippen LogP contribution in [0, 0.1) is 6.92 Å². The van der Waals surface area contributed by atoms with Crippen LogP contribution in [0.1, 0.15) is 16.1 Å². The van der Waals surface area contributed by atoms with E-state index in [1.54, 1.807) is 18.2 Å². The lowest BCUT2D eigenvalue weighted by Gasteiger charge is -2.18. The van der Waals surface area contributed by atoms with Crippen molar-refractivity contribution >= 4 is 22.5 Å². The van der Waals surface area contributed by atoms with Crippen molar-refractivity contribution in [3.63, 3.8) is 0 Å². The minimum atomic E-state index is -0.185. The van der Waals surface area contributed by atoms with Gasteiger partial charge in [-0.1, -0.05) is 12.1 Å². The molecule has 0 spiro atoms. The molecule has 0 saturated heterocycles. The summed E-state index contributed by atoms with van der Waals surface area (Å²) in [7, 11) is 0. The van der Waals surface area contributed by atoms with Gasteiger partial charge in [-0.15, -0.1) is 0 Å². The van der Waals surface area contributed by atoms with Crippen LogP contribution in [0.2, 0.25) is 0 Å². The van der Waals surface area contributed by atoms with Gasteiger partial charge in [0.25, 0.3) is 5.91 Å². The molecule has 1 aromatic heterocycles. The molecule has 0 bridgehead atoms. The Balaban J connectivity index is 1.59. The molecule has 0 aliphatic carbocycles. The molecule has 0 atom stereocenters. The van der Waals surface area contributed by atoms with E-state index in [0.717, 1.165) is 16.5 Å². The van der Waals surface area contributed by atoms with Crippen LogP contribution < -0.4 is 14.8 Å². The van der Waals surface area contributed by atoms with Gasteiger partial charge in [0.15, 0.2) is 11.5 Å². The molecular weight excluding hydrogens is 292 g/mol. The number of aromatic nitrogens is 1. The smallest absolute Gasteiger partial charge is 0.272 e. The Morgan fingerprint density at radius 2 is 1.87 bits per heavy atom. The zero-order valence-corrected chi connectivity index (χ0v) is 12.7. The molecule has 3 aromatic rings. The lowest BCUT2D eigenvalue weighted by atomic mass is 10.2. The van der Waals surface area contributed by atoms with Crippen LogP contribution in [0.4, 0.5) is 5.69 Å². The molecule has 0 radical (unpaired) electrons. The molecule has 23 heavy (non-hydrogen) atoms. The molecule has 1 amide bonds. The fraction of sp³-hybridized carbons (Fsp3) is 0.167. The van der Waals surface area contributed by atoms with Crippen molar-refractivity contribution in [3.05, 3.63) is 53.7 Å². The monoisotopic (exact) mass is 308 g/mol. The Morgan fingerprint density at radius 3 is 2.74 bits per heavy atom. The number of aryl methyl sites for hydroxylation is 1. The van der Waals surface area contributed by atoms with E-state index < -0.39 is 0 Å². The number of anilines is 1. The van der Waals surface area contributed by atoms with Crippen molar-refractivity contribution in [3.8, 4) is 11.5 Å². The van der Waals surface area contributed by atoms with Gasteiger partial charge in [-0.05, 0) is 36.8 Å². The maximum Gasteiger partial charge on any atom is 0.272 e. The molecule has 0 fully saturated rings. The highest BCUT2D eigenvalue weighted by Gasteiger charge is 2.14. The van der Waals surface area contributed by atoms with Crippen LogP contribution in [-0.4, -0.2) is 24.1 Å². The number of benzene rings is 2. The number of H-pyrrole nitrogens is 1. The fourth-order valence-electron chi connectivity index (χ4n) is 2.68. The van der Waals surface area contributed by atoms with E-state index in [4.69, 9.17) is 9.47 Å². The Bertz CT molecular complexity index is 898. The van der Waals surface area contributed by atoms with Crippen LogP contribution in [0.3, 0.4) is 0 Å². The second kappa shape index (κ2) is 5.35. The summed E-state index contributed by atoms with van der Waals surface area (Å²) in [6.45, 7) is 3.09. The molecule has 2 aromatic carbocycles. The summed E-state index contributed by atoms with van der Waals surface area (Å²) < 4.78 is 11.0. The van der Waals surface area contributed by atoms with E-state index in [-0.39, 0.29) is 5.91 Å². The fourth-order valence-corrected chi connectivity index (χ4v) is 2.68. The van der Waals surface area contributed by atoms with Gasteiger partial charge in [-0.3, -0.25) is 4.79 Å². The molecule has 0 saturated carbocycles. The zero-order chi connectivity index (χ0) is 15.8. The molecule has 1 aliphatic heterocycles. The highest BCUT2D eigenvalue weighted by molar-refractivity contribution is 6.06. The summed E-state index contributed by atoms with van der Waals surface area (Å²) in [4.78, 5) is 15.6. The Hall–Kier alpha value is -2.95. The summed E-state index contributed by atoms with van der Waals surface area (Å²) in [5, 5.41) is 3.89. The first-order valence-corrected chi connectivity index (χ1v) is 7.49. The van der Waals surface area contributed by atoms with E-state index >= 15 is 0 Å². The number of rotatable bonds is 2. The maximum atomic E-state index is 12.4. The quantitative estimate of drug-likeness (QED) is 0.761. The third kappa shape index (κ3) is 2.61. The number of amides is 1. The Labute approximate surface area is 133 Å². The standard InChI is InChI=1S/C18H16N2O3/c1-11-2-3-12-9-15(20-14(12)8-11)18(21)19-13-4-5-16-17(10-13)23-7-6-22-16/h2-5,8-10,20H,6-7H2,1H3,(H,19,21). The predicted molar refractivity (Wildman–Crippen MR) is 88.4 cm³/mol. The number of carbonyl (C=O) groups is 1. The summed E-state index contributed by atoms with van der Waals surface area (Å²) in [5.41, 5.74) is 3.31. The minimum absolute atomic E-state index is 0.185. The summed E-state index contributed by atoms with van der Waals surface area (Å²) in [6, 6.07) is 13.3. The van der Waals surface area contributed by atoms with E-state index in [9.17, 15) is 4.79 Å². The third-order valence-electron chi connectivity index (χ3n) is 3.82.